The second-order valence-electron chi connectivity index (χ2n) is 2.75. The van der Waals surface area contributed by atoms with Gasteiger partial charge in [-0.3, -0.25) is 0 Å². The van der Waals surface area contributed by atoms with Crippen LogP contribution in [0.15, 0.2) is 28.7 Å². The van der Waals surface area contributed by atoms with E-state index in [1.807, 2.05) is 19.1 Å². The van der Waals surface area contributed by atoms with Crippen LogP contribution < -0.4 is 5.32 Å². The molecule has 0 spiro atoms. The molecule has 14 heavy (non-hydrogen) atoms. The third-order valence-electron chi connectivity index (χ3n) is 1.66. The summed E-state index contributed by atoms with van der Waals surface area (Å²) in [6, 6.07) is 3.04. The Balaban J connectivity index is 2.40. The Morgan fingerprint density at radius 3 is 3.00 bits per heavy atom. The molecule has 0 unspecified atom stereocenters. The molecule has 1 aromatic rings. The van der Waals surface area contributed by atoms with Crippen molar-refractivity contribution in [2.45, 2.75) is 13.3 Å². The van der Waals surface area contributed by atoms with Gasteiger partial charge in [-0.25, -0.2) is 4.79 Å². The topological polar surface area (TPSA) is 62.5 Å². The van der Waals surface area contributed by atoms with E-state index < -0.39 is 5.97 Å². The molecule has 1 aromatic heterocycles. The zero-order valence-electron chi connectivity index (χ0n) is 7.99. The Hall–Kier alpha value is -1.71. The average Bonchev–Trinajstić information content (AvgIpc) is 2.61. The molecule has 1 rings (SSSR count). The van der Waals surface area contributed by atoms with Crippen molar-refractivity contribution in [3.05, 3.63) is 30.0 Å². The van der Waals surface area contributed by atoms with Gasteiger partial charge in [-0.1, -0.05) is 12.2 Å². The molecule has 0 aliphatic heterocycles. The van der Waals surface area contributed by atoms with Gasteiger partial charge in [0.2, 0.25) is 5.76 Å². The van der Waals surface area contributed by atoms with Crippen molar-refractivity contribution in [3.8, 4) is 0 Å². The fourth-order valence-corrected chi connectivity index (χ4v) is 0.993. The van der Waals surface area contributed by atoms with Crippen LogP contribution in [0.3, 0.4) is 0 Å². The number of carboxylic acids is 1. The Kier molecular flexibility index (Phi) is 3.79. The monoisotopic (exact) mass is 195 g/mol. The van der Waals surface area contributed by atoms with Crippen LogP contribution in [0.5, 0.6) is 0 Å². The Morgan fingerprint density at radius 1 is 1.64 bits per heavy atom. The highest BCUT2D eigenvalue weighted by Crippen LogP contribution is 2.12. The second kappa shape index (κ2) is 5.11. The zero-order valence-corrected chi connectivity index (χ0v) is 7.99. The smallest absolute Gasteiger partial charge is 0.371 e. The number of furan rings is 1. The summed E-state index contributed by atoms with van der Waals surface area (Å²) in [5, 5.41) is 11.5. The molecule has 0 saturated heterocycles. The summed E-state index contributed by atoms with van der Waals surface area (Å²) in [5.41, 5.74) is 0. The van der Waals surface area contributed by atoms with E-state index in [1.165, 1.54) is 6.07 Å². The lowest BCUT2D eigenvalue weighted by molar-refractivity contribution is 0.0663. The normalized spacial score (nSPS) is 10.6. The van der Waals surface area contributed by atoms with Crippen LogP contribution >= 0.6 is 0 Å². The highest BCUT2D eigenvalue weighted by atomic mass is 16.4. The van der Waals surface area contributed by atoms with Gasteiger partial charge < -0.3 is 14.8 Å². The molecule has 0 amide bonds. The maximum Gasteiger partial charge on any atom is 0.371 e. The summed E-state index contributed by atoms with van der Waals surface area (Å²) < 4.78 is 4.99. The van der Waals surface area contributed by atoms with Crippen LogP contribution in [0.2, 0.25) is 0 Å². The van der Waals surface area contributed by atoms with Gasteiger partial charge in [-0.05, 0) is 19.4 Å². The van der Waals surface area contributed by atoms with Crippen LogP contribution in [0.1, 0.15) is 23.9 Å². The summed E-state index contributed by atoms with van der Waals surface area (Å²) in [5.74, 6) is -0.600. The van der Waals surface area contributed by atoms with Crippen molar-refractivity contribution in [1.82, 2.24) is 0 Å². The fourth-order valence-electron chi connectivity index (χ4n) is 0.993. The highest BCUT2D eigenvalue weighted by molar-refractivity contribution is 5.84. The molecule has 2 N–H and O–H groups in total. The van der Waals surface area contributed by atoms with Gasteiger partial charge in [-0.2, -0.15) is 0 Å². The highest BCUT2D eigenvalue weighted by Gasteiger charge is 2.07. The first-order valence-electron chi connectivity index (χ1n) is 4.42. The molecule has 0 aliphatic carbocycles. The fraction of sp³-hybridized carbons (Fsp3) is 0.300. The van der Waals surface area contributed by atoms with E-state index in [-0.39, 0.29) is 5.76 Å². The van der Waals surface area contributed by atoms with Gasteiger partial charge in [0.05, 0.1) is 0 Å². The van der Waals surface area contributed by atoms with E-state index in [0.717, 1.165) is 13.0 Å². The van der Waals surface area contributed by atoms with Gasteiger partial charge in [0.1, 0.15) is 0 Å². The summed E-state index contributed by atoms with van der Waals surface area (Å²) in [7, 11) is 0. The van der Waals surface area contributed by atoms with E-state index in [0.29, 0.717) is 5.88 Å². The molecule has 0 aliphatic rings. The van der Waals surface area contributed by atoms with Crippen LogP contribution in [0.4, 0.5) is 5.88 Å². The minimum absolute atomic E-state index is 0.0430. The number of nitrogens with one attached hydrogen (secondary N) is 1. The van der Waals surface area contributed by atoms with Crippen molar-refractivity contribution in [2.24, 2.45) is 0 Å². The van der Waals surface area contributed by atoms with E-state index in [2.05, 4.69) is 5.32 Å². The zero-order chi connectivity index (χ0) is 10.4. The Labute approximate surface area is 82.2 Å². The molecule has 0 aromatic carbocycles. The van der Waals surface area contributed by atoms with E-state index >= 15 is 0 Å². The summed E-state index contributed by atoms with van der Waals surface area (Å²) in [6.07, 6.45) is 4.88. The Morgan fingerprint density at radius 2 is 2.43 bits per heavy atom. The van der Waals surface area contributed by atoms with E-state index in [1.54, 1.807) is 6.07 Å². The summed E-state index contributed by atoms with van der Waals surface area (Å²) in [4.78, 5) is 10.5. The van der Waals surface area contributed by atoms with Gasteiger partial charge in [0.25, 0.3) is 0 Å². The number of carbonyl (C=O) groups is 1. The molecule has 4 nitrogen and oxygen atoms in total. The van der Waals surface area contributed by atoms with Crippen molar-refractivity contribution in [2.75, 3.05) is 11.9 Å². The lowest BCUT2D eigenvalue weighted by Gasteiger charge is -1.98. The number of rotatable bonds is 5. The maximum atomic E-state index is 10.5. The van der Waals surface area contributed by atoms with Crippen molar-refractivity contribution >= 4 is 11.9 Å². The third kappa shape index (κ3) is 2.97. The van der Waals surface area contributed by atoms with Crippen molar-refractivity contribution in [3.63, 3.8) is 0 Å². The van der Waals surface area contributed by atoms with Crippen molar-refractivity contribution < 1.29 is 14.3 Å². The first-order valence-corrected chi connectivity index (χ1v) is 4.42. The summed E-state index contributed by atoms with van der Waals surface area (Å²) >= 11 is 0. The minimum Gasteiger partial charge on any atom is -0.475 e. The van der Waals surface area contributed by atoms with Gasteiger partial charge in [-0.15, -0.1) is 0 Å². The number of aromatic carboxylic acids is 1. The van der Waals surface area contributed by atoms with E-state index in [9.17, 15) is 4.79 Å². The maximum absolute atomic E-state index is 10.5. The predicted molar refractivity (Wildman–Crippen MR) is 53.6 cm³/mol. The first-order chi connectivity index (χ1) is 6.74. The van der Waals surface area contributed by atoms with Crippen LogP contribution in [0, 0.1) is 0 Å². The molecular weight excluding hydrogens is 182 g/mol. The lowest BCUT2D eigenvalue weighted by atomic mass is 10.4. The molecule has 4 heteroatoms. The largest absolute Gasteiger partial charge is 0.475 e. The van der Waals surface area contributed by atoms with Crippen LogP contribution in [0.25, 0.3) is 0 Å². The minimum atomic E-state index is -1.05. The molecule has 0 fully saturated rings. The quantitative estimate of drug-likeness (QED) is 0.559. The molecule has 0 bridgehead atoms. The average molecular weight is 195 g/mol. The van der Waals surface area contributed by atoms with Gasteiger partial charge in [0, 0.05) is 12.6 Å². The number of carboxylic acid groups (broad SMARTS) is 1. The molecular formula is C10H13NO3. The molecule has 1 heterocycles. The number of allylic oxidation sites excluding steroid dienone is 1. The van der Waals surface area contributed by atoms with E-state index in [4.69, 9.17) is 9.52 Å². The second-order valence-corrected chi connectivity index (χ2v) is 2.75. The van der Waals surface area contributed by atoms with Gasteiger partial charge >= 0.3 is 5.97 Å². The number of hydrogen-bond acceptors (Lipinski definition) is 3. The molecule has 76 valence electrons. The molecule has 0 atom stereocenters. The molecule has 0 saturated carbocycles. The standard InChI is InChI=1S/C10H13NO3/c1-2-3-4-7-11-9-6-5-8(14-9)10(12)13/h2-3,5-6,11H,4,7H2,1H3,(H,12,13)/b3-2+. The SMILES string of the molecule is C/C=C/CCNc1ccc(C(=O)O)o1. The van der Waals surface area contributed by atoms with Gasteiger partial charge in [0.15, 0.2) is 5.88 Å². The number of hydrogen-bond donors (Lipinski definition) is 2. The lowest BCUT2D eigenvalue weighted by Crippen LogP contribution is -1.98. The predicted octanol–water partition coefficient (Wildman–Crippen LogP) is 2.36. The third-order valence-corrected chi connectivity index (χ3v) is 1.66. The van der Waals surface area contributed by atoms with Crippen molar-refractivity contribution in [1.29, 1.82) is 0 Å². The number of anilines is 1. The Bertz CT molecular complexity index is 328. The van der Waals surface area contributed by atoms with Crippen LogP contribution in [-0.2, 0) is 0 Å². The summed E-state index contributed by atoms with van der Waals surface area (Å²) in [6.45, 7) is 2.69. The molecule has 0 radical (unpaired) electrons. The van der Waals surface area contributed by atoms with Crippen LogP contribution in [-0.4, -0.2) is 17.6 Å². The first kappa shape index (κ1) is 10.4.